The first-order valence-electron chi connectivity index (χ1n) is 10.4. The molecule has 0 spiro atoms. The van der Waals surface area contributed by atoms with Crippen LogP contribution < -0.4 is 5.32 Å². The van der Waals surface area contributed by atoms with Crippen molar-refractivity contribution in [1.29, 1.82) is 0 Å². The molecule has 176 valence electrons. The summed E-state index contributed by atoms with van der Waals surface area (Å²) in [5.74, 6) is -0.0408. The summed E-state index contributed by atoms with van der Waals surface area (Å²) in [5, 5.41) is 7.16. The number of oxime groups is 1. The first kappa shape index (κ1) is 24.2. The van der Waals surface area contributed by atoms with E-state index in [9.17, 15) is 18.0 Å². The number of nitrogens with one attached hydrogen (secondary N) is 1. The summed E-state index contributed by atoms with van der Waals surface area (Å²) in [6, 6.07) is 8.45. The number of hydrogen-bond acceptors (Lipinski definition) is 3. The molecule has 1 amide bonds. The lowest BCUT2D eigenvalue weighted by molar-refractivity contribution is -0.275. The Morgan fingerprint density at radius 2 is 1.76 bits per heavy atom. The molecule has 10 heteroatoms. The molecule has 1 fully saturated rings. The van der Waals surface area contributed by atoms with E-state index in [1.807, 2.05) is 0 Å². The van der Waals surface area contributed by atoms with E-state index in [1.54, 1.807) is 18.2 Å². The molecule has 4 rings (SSSR count). The lowest BCUT2D eigenvalue weighted by Crippen LogP contribution is -2.42. The largest absolute Gasteiger partial charge is 0.435 e. The van der Waals surface area contributed by atoms with Gasteiger partial charge in [-0.1, -0.05) is 58.9 Å². The number of carbonyl (C=O) groups is 1. The Morgan fingerprint density at radius 3 is 2.39 bits per heavy atom. The number of benzene rings is 2. The Morgan fingerprint density at radius 1 is 1.09 bits per heavy atom. The maximum atomic E-state index is 14.2. The molecule has 1 saturated carbocycles. The van der Waals surface area contributed by atoms with Crippen molar-refractivity contribution >= 4 is 46.4 Å². The van der Waals surface area contributed by atoms with E-state index >= 15 is 0 Å². The quantitative estimate of drug-likeness (QED) is 0.461. The maximum Gasteiger partial charge on any atom is 0.435 e. The highest BCUT2D eigenvalue weighted by Gasteiger charge is 2.62. The topological polar surface area (TPSA) is 50.7 Å². The third-order valence-corrected chi connectivity index (χ3v) is 6.88. The van der Waals surface area contributed by atoms with Gasteiger partial charge in [-0.05, 0) is 54.3 Å². The van der Waals surface area contributed by atoms with Crippen molar-refractivity contribution in [3.05, 3.63) is 68.2 Å². The summed E-state index contributed by atoms with van der Waals surface area (Å²) in [7, 11) is 0. The van der Waals surface area contributed by atoms with Crippen LogP contribution in [-0.2, 0) is 21.8 Å². The Hall–Kier alpha value is -1.96. The molecule has 1 aliphatic heterocycles. The van der Waals surface area contributed by atoms with Crippen LogP contribution in [0, 0.1) is 5.92 Å². The Labute approximate surface area is 204 Å². The zero-order valence-electron chi connectivity index (χ0n) is 17.3. The first-order chi connectivity index (χ1) is 15.6. The minimum Gasteiger partial charge on any atom is -0.374 e. The highest BCUT2D eigenvalue weighted by Crippen LogP contribution is 2.49. The fourth-order valence-electron chi connectivity index (χ4n) is 4.25. The predicted molar refractivity (Wildman–Crippen MR) is 122 cm³/mol. The van der Waals surface area contributed by atoms with E-state index in [-0.39, 0.29) is 39.7 Å². The number of nitrogens with zero attached hydrogens (tertiary/aromatic N) is 1. The van der Waals surface area contributed by atoms with Gasteiger partial charge in [-0.25, -0.2) is 0 Å². The monoisotopic (exact) mass is 518 g/mol. The molecule has 2 aliphatic rings. The zero-order chi connectivity index (χ0) is 23.8. The molecule has 0 radical (unpaired) electrons. The van der Waals surface area contributed by atoms with Crippen molar-refractivity contribution in [3.63, 3.8) is 0 Å². The maximum absolute atomic E-state index is 14.2. The van der Waals surface area contributed by atoms with Crippen LogP contribution in [0.25, 0.3) is 0 Å². The minimum absolute atomic E-state index is 0.00325. The fourth-order valence-corrected chi connectivity index (χ4v) is 4.96. The molecule has 1 N–H and O–H groups in total. The van der Waals surface area contributed by atoms with Crippen LogP contribution in [-0.4, -0.2) is 17.8 Å². The molecule has 2 aromatic carbocycles. The van der Waals surface area contributed by atoms with Gasteiger partial charge in [0.2, 0.25) is 5.91 Å². The molecule has 0 bridgehead atoms. The predicted octanol–water partition coefficient (Wildman–Crippen LogP) is 7.04. The number of carbonyl (C=O) groups excluding carboxylic acids is 1. The van der Waals surface area contributed by atoms with Crippen molar-refractivity contribution in [2.75, 3.05) is 0 Å². The average molecular weight is 520 g/mol. The molecule has 2 aromatic rings. The van der Waals surface area contributed by atoms with Crippen molar-refractivity contribution in [1.82, 2.24) is 5.32 Å². The second kappa shape index (κ2) is 9.35. The molecule has 1 atom stereocenters. The molecular formula is C23H20Cl3F3N2O2. The highest BCUT2D eigenvalue weighted by atomic mass is 35.5. The summed E-state index contributed by atoms with van der Waals surface area (Å²) < 4.78 is 42.6. The van der Waals surface area contributed by atoms with E-state index in [2.05, 4.69) is 10.5 Å². The summed E-state index contributed by atoms with van der Waals surface area (Å²) in [6.45, 7) is 0.171. The fraction of sp³-hybridized carbons (Fsp3) is 0.391. The van der Waals surface area contributed by atoms with E-state index < -0.39 is 18.2 Å². The van der Waals surface area contributed by atoms with Crippen LogP contribution in [0.3, 0.4) is 0 Å². The average Bonchev–Trinajstić information content (AvgIpc) is 3.43. The zero-order valence-corrected chi connectivity index (χ0v) is 19.6. The number of rotatable bonds is 5. The second-order valence-corrected chi connectivity index (χ2v) is 9.57. The van der Waals surface area contributed by atoms with E-state index in [1.165, 1.54) is 18.2 Å². The third-order valence-electron chi connectivity index (χ3n) is 6.07. The minimum atomic E-state index is -4.78. The van der Waals surface area contributed by atoms with E-state index in [4.69, 9.17) is 39.6 Å². The van der Waals surface area contributed by atoms with Gasteiger partial charge >= 0.3 is 6.18 Å². The molecule has 0 aromatic heterocycles. The van der Waals surface area contributed by atoms with Crippen LogP contribution in [0.15, 0.2) is 41.6 Å². The van der Waals surface area contributed by atoms with Crippen molar-refractivity contribution < 1.29 is 22.8 Å². The molecular weight excluding hydrogens is 500 g/mol. The van der Waals surface area contributed by atoms with Gasteiger partial charge in [-0.2, -0.15) is 13.2 Å². The number of hydrogen-bond donors (Lipinski definition) is 1. The van der Waals surface area contributed by atoms with Crippen molar-refractivity contribution in [2.24, 2.45) is 11.1 Å². The Balaban J connectivity index is 1.57. The van der Waals surface area contributed by atoms with Crippen LogP contribution in [0.4, 0.5) is 13.2 Å². The van der Waals surface area contributed by atoms with Gasteiger partial charge in [0.1, 0.15) is 0 Å². The second-order valence-electron chi connectivity index (χ2n) is 8.29. The molecule has 0 saturated heterocycles. The van der Waals surface area contributed by atoms with Gasteiger partial charge in [0, 0.05) is 39.5 Å². The smallest absolute Gasteiger partial charge is 0.374 e. The number of alkyl halides is 3. The summed E-state index contributed by atoms with van der Waals surface area (Å²) in [4.78, 5) is 17.4. The molecule has 1 unspecified atom stereocenters. The normalized spacial score (nSPS) is 21.1. The lowest BCUT2D eigenvalue weighted by atomic mass is 9.86. The Kier molecular flexibility index (Phi) is 6.85. The third kappa shape index (κ3) is 4.96. The van der Waals surface area contributed by atoms with E-state index in [0.29, 0.717) is 16.1 Å². The first-order valence-corrected chi connectivity index (χ1v) is 11.6. The van der Waals surface area contributed by atoms with Gasteiger partial charge in [-0.3, -0.25) is 4.79 Å². The lowest BCUT2D eigenvalue weighted by Gasteiger charge is -2.29. The van der Waals surface area contributed by atoms with Crippen molar-refractivity contribution in [2.45, 2.75) is 50.4 Å². The van der Waals surface area contributed by atoms with Crippen molar-refractivity contribution in [3.8, 4) is 0 Å². The van der Waals surface area contributed by atoms with Crippen LogP contribution in [0.1, 0.15) is 48.8 Å². The van der Waals surface area contributed by atoms with Gasteiger partial charge in [0.25, 0.3) is 5.60 Å². The Bertz CT molecular complexity index is 1080. The molecule has 1 aliphatic carbocycles. The van der Waals surface area contributed by atoms with Crippen LogP contribution in [0.2, 0.25) is 15.1 Å². The summed E-state index contributed by atoms with van der Waals surface area (Å²) in [6.07, 6.45) is -1.55. The van der Waals surface area contributed by atoms with Gasteiger partial charge in [0.15, 0.2) is 0 Å². The van der Waals surface area contributed by atoms with Gasteiger partial charge < -0.3 is 10.2 Å². The standard InChI is InChI=1S/C23H20Cl3F3N2O2/c24-17-8-16(9-18(25)10-17)22(23(27,28)29)11-20(31-33-22)14-5-6-19(26)15(7-14)12-30-21(32)13-3-1-2-4-13/h5-10,13H,1-4,11-12H2,(H,30,32). The molecule has 1 heterocycles. The summed E-state index contributed by atoms with van der Waals surface area (Å²) in [5.41, 5.74) is -1.84. The highest BCUT2D eigenvalue weighted by molar-refractivity contribution is 6.34. The van der Waals surface area contributed by atoms with E-state index in [0.717, 1.165) is 25.7 Å². The van der Waals surface area contributed by atoms with Crippen LogP contribution >= 0.6 is 34.8 Å². The van der Waals surface area contributed by atoms with Crippen LogP contribution in [0.5, 0.6) is 0 Å². The van der Waals surface area contributed by atoms with Gasteiger partial charge in [0.05, 0.1) is 5.71 Å². The van der Waals surface area contributed by atoms with Gasteiger partial charge in [-0.15, -0.1) is 0 Å². The molecule has 4 nitrogen and oxygen atoms in total. The number of halogens is 6. The number of amides is 1. The SMILES string of the molecule is O=C(NCc1cc(C2=NOC(c3cc(Cl)cc(Cl)c3)(C(F)(F)F)C2)ccc1Cl)C1CCCC1. The molecule has 33 heavy (non-hydrogen) atoms. The summed E-state index contributed by atoms with van der Waals surface area (Å²) >= 11 is 18.2.